The third-order valence-corrected chi connectivity index (χ3v) is 7.84. The minimum Gasteiger partial charge on any atom is -0.495 e. The smallest absolute Gasteiger partial charge is 0.416 e. The van der Waals surface area contributed by atoms with Gasteiger partial charge >= 0.3 is 6.18 Å². The Morgan fingerprint density at radius 1 is 0.929 bits per heavy atom. The number of fused-ring (bicyclic) bond motifs is 1. The molecule has 3 aliphatic heterocycles. The van der Waals surface area contributed by atoms with E-state index in [1.54, 1.807) is 23.1 Å². The van der Waals surface area contributed by atoms with Crippen LogP contribution in [0.2, 0.25) is 0 Å². The van der Waals surface area contributed by atoms with Crippen molar-refractivity contribution in [3.8, 4) is 5.75 Å². The van der Waals surface area contributed by atoms with Crippen molar-refractivity contribution in [1.29, 1.82) is 0 Å². The van der Waals surface area contributed by atoms with Gasteiger partial charge in [0.2, 0.25) is 5.96 Å². The summed E-state index contributed by atoms with van der Waals surface area (Å²) >= 11 is 0. The van der Waals surface area contributed by atoms with E-state index in [-0.39, 0.29) is 29.0 Å². The second kappa shape index (κ2) is 11.1. The molecule has 12 heteroatoms. The van der Waals surface area contributed by atoms with Crippen LogP contribution in [0, 0.1) is 11.6 Å². The van der Waals surface area contributed by atoms with E-state index in [2.05, 4.69) is 0 Å². The van der Waals surface area contributed by atoms with Gasteiger partial charge in [0.15, 0.2) is 6.29 Å². The molecule has 6 rings (SSSR count). The van der Waals surface area contributed by atoms with Gasteiger partial charge in [-0.25, -0.2) is 13.8 Å². The normalized spacial score (nSPS) is 22.1. The molecule has 3 unspecified atom stereocenters. The third-order valence-electron chi connectivity index (χ3n) is 7.84. The highest BCUT2D eigenvalue weighted by Gasteiger charge is 2.46. The zero-order valence-corrected chi connectivity index (χ0v) is 22.9. The molecule has 0 radical (unpaired) electrons. The zero-order valence-electron chi connectivity index (χ0n) is 22.9. The summed E-state index contributed by atoms with van der Waals surface area (Å²) in [6.45, 7) is 1.79. The van der Waals surface area contributed by atoms with Gasteiger partial charge in [-0.15, -0.1) is 0 Å². The Morgan fingerprint density at radius 3 is 2.33 bits per heavy atom. The second-order valence-electron chi connectivity index (χ2n) is 10.3. The number of guanidine groups is 1. The number of para-hydroxylation sites is 1. The Labute approximate surface area is 239 Å². The van der Waals surface area contributed by atoms with Gasteiger partial charge in [0.05, 0.1) is 24.4 Å². The summed E-state index contributed by atoms with van der Waals surface area (Å²) in [6, 6.07) is 13.5. The molecule has 7 nitrogen and oxygen atoms in total. The number of rotatable bonds is 6. The van der Waals surface area contributed by atoms with Gasteiger partial charge in [0.25, 0.3) is 0 Å². The van der Waals surface area contributed by atoms with Crippen LogP contribution in [0.1, 0.15) is 23.6 Å². The van der Waals surface area contributed by atoms with Crippen molar-refractivity contribution in [2.24, 2.45) is 4.99 Å². The maximum Gasteiger partial charge on any atom is 0.416 e. The highest BCUT2D eigenvalue weighted by molar-refractivity contribution is 6.02. The first-order chi connectivity index (χ1) is 20.2. The van der Waals surface area contributed by atoms with Crippen molar-refractivity contribution in [2.45, 2.75) is 31.0 Å². The maximum absolute atomic E-state index is 15.3. The lowest BCUT2D eigenvalue weighted by Crippen LogP contribution is -2.55. The predicted octanol–water partition coefficient (Wildman–Crippen LogP) is 6.12. The molecule has 2 fully saturated rings. The first-order valence-electron chi connectivity index (χ1n) is 13.5. The van der Waals surface area contributed by atoms with Crippen LogP contribution in [0.15, 0.2) is 65.7 Å². The number of hydrogen-bond donors (Lipinski definition) is 0. The average molecular weight is 589 g/mol. The lowest BCUT2D eigenvalue weighted by molar-refractivity contribution is -0.137. The standard InChI is InChI=1S/C30H29F5N4O3/c1-40-25-10-9-18(30(33,34)35)15-24(25)39-23(17-26-28(41-2)42-26)21-7-4-8-22(32)27(21)36-29(39)38-13-11-37(12-14-38)20-6-3-5-19(31)16-20/h3-10,15-16,23,26,28H,11-14,17H2,1-2H3. The Hall–Kier alpha value is -3.90. The molecule has 3 aromatic carbocycles. The van der Waals surface area contributed by atoms with Gasteiger partial charge in [-0.2, -0.15) is 13.2 Å². The molecule has 2 saturated heterocycles. The Kier molecular flexibility index (Phi) is 7.44. The van der Waals surface area contributed by atoms with Crippen molar-refractivity contribution in [3.05, 3.63) is 83.4 Å². The van der Waals surface area contributed by atoms with E-state index in [1.807, 2.05) is 15.9 Å². The van der Waals surface area contributed by atoms with E-state index in [1.165, 1.54) is 38.5 Å². The molecule has 0 amide bonds. The number of anilines is 2. The highest BCUT2D eigenvalue weighted by Crippen LogP contribution is 2.48. The van der Waals surface area contributed by atoms with Gasteiger partial charge in [-0.05, 0) is 42.5 Å². The van der Waals surface area contributed by atoms with Gasteiger partial charge in [0, 0.05) is 51.0 Å². The Bertz CT molecular complexity index is 1490. The molecule has 0 bridgehead atoms. The molecule has 222 valence electrons. The fraction of sp³-hybridized carbons (Fsp3) is 0.367. The number of benzene rings is 3. The fourth-order valence-electron chi connectivity index (χ4n) is 5.70. The third kappa shape index (κ3) is 5.36. The molecular formula is C30H29F5N4O3. The number of hydrogen-bond acceptors (Lipinski definition) is 7. The summed E-state index contributed by atoms with van der Waals surface area (Å²) in [4.78, 5) is 10.4. The monoisotopic (exact) mass is 588 g/mol. The first kappa shape index (κ1) is 28.2. The topological polar surface area (TPSA) is 53.1 Å². The minimum atomic E-state index is -4.61. The van der Waals surface area contributed by atoms with Gasteiger partial charge in [-0.3, -0.25) is 0 Å². The summed E-state index contributed by atoms with van der Waals surface area (Å²) in [7, 11) is 2.90. The highest BCUT2D eigenvalue weighted by atomic mass is 19.4. The summed E-state index contributed by atoms with van der Waals surface area (Å²) < 4.78 is 87.5. The summed E-state index contributed by atoms with van der Waals surface area (Å²) in [5.74, 6) is -0.382. The maximum atomic E-state index is 15.3. The van der Waals surface area contributed by atoms with Gasteiger partial charge in [0.1, 0.15) is 29.2 Å². The minimum absolute atomic E-state index is 0.127. The summed E-state index contributed by atoms with van der Waals surface area (Å²) in [5, 5.41) is 0. The van der Waals surface area contributed by atoms with E-state index in [0.717, 1.165) is 17.8 Å². The molecule has 3 atom stereocenters. The number of piperazine rings is 1. The average Bonchev–Trinajstić information content (AvgIpc) is 3.75. The van der Waals surface area contributed by atoms with E-state index in [9.17, 15) is 17.6 Å². The largest absolute Gasteiger partial charge is 0.495 e. The Balaban J connectivity index is 1.44. The molecule has 42 heavy (non-hydrogen) atoms. The molecule has 0 aliphatic carbocycles. The number of aliphatic imine (C=N–C) groups is 1. The number of epoxide rings is 1. The van der Waals surface area contributed by atoms with Gasteiger partial charge in [-0.1, -0.05) is 18.2 Å². The number of nitrogens with zero attached hydrogens (tertiary/aromatic N) is 4. The van der Waals surface area contributed by atoms with E-state index in [4.69, 9.17) is 19.2 Å². The molecule has 3 aliphatic rings. The summed E-state index contributed by atoms with van der Waals surface area (Å²) in [5.41, 5.74) is 0.661. The predicted molar refractivity (Wildman–Crippen MR) is 147 cm³/mol. The van der Waals surface area contributed by atoms with Crippen molar-refractivity contribution in [3.63, 3.8) is 0 Å². The van der Waals surface area contributed by atoms with Crippen LogP contribution in [0.3, 0.4) is 0 Å². The van der Waals surface area contributed by atoms with Crippen molar-refractivity contribution in [1.82, 2.24) is 4.90 Å². The summed E-state index contributed by atoms with van der Waals surface area (Å²) in [6.07, 6.45) is -5.12. The first-order valence-corrected chi connectivity index (χ1v) is 13.5. The van der Waals surface area contributed by atoms with Crippen molar-refractivity contribution < 1.29 is 36.2 Å². The lowest BCUT2D eigenvalue weighted by Gasteiger charge is -2.45. The van der Waals surface area contributed by atoms with Crippen LogP contribution in [-0.4, -0.2) is 63.7 Å². The van der Waals surface area contributed by atoms with Crippen LogP contribution in [0.5, 0.6) is 5.75 Å². The van der Waals surface area contributed by atoms with Crippen molar-refractivity contribution >= 4 is 23.0 Å². The number of methoxy groups -OCH3 is 2. The SMILES string of the molecule is COc1ccc(C(F)(F)F)cc1N1C(N2CCN(c3cccc(F)c3)CC2)=Nc2c(F)cccc2C1CC1OC1OC. The molecule has 0 N–H and O–H groups in total. The molecular weight excluding hydrogens is 559 g/mol. The van der Waals surface area contributed by atoms with Crippen LogP contribution < -0.4 is 14.5 Å². The lowest BCUT2D eigenvalue weighted by atomic mass is 9.95. The number of alkyl halides is 3. The molecule has 3 aromatic rings. The number of ether oxygens (including phenoxy) is 3. The quantitative estimate of drug-likeness (QED) is 0.255. The van der Waals surface area contributed by atoms with Crippen LogP contribution in [-0.2, 0) is 15.7 Å². The second-order valence-corrected chi connectivity index (χ2v) is 10.3. The van der Waals surface area contributed by atoms with Gasteiger partial charge < -0.3 is 28.9 Å². The van der Waals surface area contributed by atoms with Crippen molar-refractivity contribution in [2.75, 3.05) is 50.2 Å². The van der Waals surface area contributed by atoms with E-state index < -0.39 is 29.9 Å². The molecule has 0 aromatic heterocycles. The van der Waals surface area contributed by atoms with Crippen LogP contribution in [0.4, 0.5) is 39.0 Å². The Morgan fingerprint density at radius 2 is 1.67 bits per heavy atom. The van der Waals surface area contributed by atoms with Crippen LogP contribution >= 0.6 is 0 Å². The van der Waals surface area contributed by atoms with E-state index >= 15 is 4.39 Å². The number of halogens is 5. The zero-order chi connectivity index (χ0) is 29.6. The fourth-order valence-corrected chi connectivity index (χ4v) is 5.70. The molecule has 0 spiro atoms. The van der Waals surface area contributed by atoms with E-state index in [0.29, 0.717) is 44.1 Å². The molecule has 0 saturated carbocycles. The van der Waals surface area contributed by atoms with Crippen LogP contribution in [0.25, 0.3) is 0 Å². The molecule has 3 heterocycles.